The standard InChI is InChI=1S/C14H19NO2/c1-10-4-5-11(12(8-10)15(2)3)14(6-7-14)9-13(16)17/h4-5,8H,6-7,9H2,1-3H3,(H,16,17). The third-order valence-corrected chi connectivity index (χ3v) is 3.55. The van der Waals surface area contributed by atoms with Gasteiger partial charge in [-0.3, -0.25) is 4.79 Å². The monoisotopic (exact) mass is 233 g/mol. The number of carboxylic acids is 1. The van der Waals surface area contributed by atoms with Crippen molar-refractivity contribution in [1.82, 2.24) is 0 Å². The smallest absolute Gasteiger partial charge is 0.304 e. The molecule has 1 fully saturated rings. The quantitative estimate of drug-likeness (QED) is 0.869. The van der Waals surface area contributed by atoms with E-state index in [4.69, 9.17) is 5.11 Å². The highest BCUT2D eigenvalue weighted by Gasteiger charge is 2.47. The summed E-state index contributed by atoms with van der Waals surface area (Å²) in [6, 6.07) is 6.31. The van der Waals surface area contributed by atoms with Crippen molar-refractivity contribution in [1.29, 1.82) is 0 Å². The van der Waals surface area contributed by atoms with E-state index in [1.165, 1.54) is 11.1 Å². The van der Waals surface area contributed by atoms with E-state index in [0.717, 1.165) is 18.5 Å². The Bertz CT molecular complexity index is 448. The van der Waals surface area contributed by atoms with Crippen molar-refractivity contribution in [2.45, 2.75) is 31.6 Å². The van der Waals surface area contributed by atoms with Crippen molar-refractivity contribution in [2.75, 3.05) is 19.0 Å². The molecule has 0 amide bonds. The van der Waals surface area contributed by atoms with Crippen molar-refractivity contribution in [3.05, 3.63) is 29.3 Å². The van der Waals surface area contributed by atoms with Crippen LogP contribution in [0.15, 0.2) is 18.2 Å². The first-order valence-electron chi connectivity index (χ1n) is 5.95. The van der Waals surface area contributed by atoms with Crippen LogP contribution in [0.4, 0.5) is 5.69 Å². The van der Waals surface area contributed by atoms with Crippen molar-refractivity contribution in [3.8, 4) is 0 Å². The largest absolute Gasteiger partial charge is 0.481 e. The van der Waals surface area contributed by atoms with Crippen LogP contribution >= 0.6 is 0 Å². The molecule has 0 radical (unpaired) electrons. The average Bonchev–Trinajstić information content (AvgIpc) is 2.97. The number of carbonyl (C=O) groups is 1. The lowest BCUT2D eigenvalue weighted by Gasteiger charge is -2.23. The van der Waals surface area contributed by atoms with Gasteiger partial charge in [-0.25, -0.2) is 0 Å². The minimum Gasteiger partial charge on any atom is -0.481 e. The molecule has 1 aromatic rings. The van der Waals surface area contributed by atoms with E-state index in [0.29, 0.717) is 0 Å². The molecule has 3 nitrogen and oxygen atoms in total. The number of rotatable bonds is 4. The van der Waals surface area contributed by atoms with Crippen LogP contribution < -0.4 is 4.90 Å². The van der Waals surface area contributed by atoms with Crippen molar-refractivity contribution in [3.63, 3.8) is 0 Å². The van der Waals surface area contributed by atoms with Crippen molar-refractivity contribution in [2.24, 2.45) is 0 Å². The Morgan fingerprint density at radius 2 is 2.06 bits per heavy atom. The van der Waals surface area contributed by atoms with Gasteiger partial charge >= 0.3 is 5.97 Å². The summed E-state index contributed by atoms with van der Waals surface area (Å²) < 4.78 is 0. The predicted molar refractivity (Wildman–Crippen MR) is 68.7 cm³/mol. The lowest BCUT2D eigenvalue weighted by molar-refractivity contribution is -0.137. The molecule has 2 rings (SSSR count). The van der Waals surface area contributed by atoms with Gasteiger partial charge in [0.1, 0.15) is 0 Å². The second-order valence-electron chi connectivity index (χ2n) is 5.27. The number of carboxylic acid groups (broad SMARTS) is 1. The maximum Gasteiger partial charge on any atom is 0.304 e. The summed E-state index contributed by atoms with van der Waals surface area (Å²) in [6.07, 6.45) is 2.23. The fraction of sp³-hybridized carbons (Fsp3) is 0.500. The Kier molecular flexibility index (Phi) is 2.86. The van der Waals surface area contributed by atoms with Gasteiger partial charge in [0, 0.05) is 25.2 Å². The van der Waals surface area contributed by atoms with E-state index in [1.807, 2.05) is 14.1 Å². The summed E-state index contributed by atoms with van der Waals surface area (Å²) >= 11 is 0. The molecular formula is C14H19NO2. The molecular weight excluding hydrogens is 214 g/mol. The fourth-order valence-electron chi connectivity index (χ4n) is 2.44. The number of aliphatic carboxylic acids is 1. The van der Waals surface area contributed by atoms with E-state index < -0.39 is 5.97 Å². The Labute approximate surface area is 102 Å². The highest BCUT2D eigenvalue weighted by atomic mass is 16.4. The first-order valence-corrected chi connectivity index (χ1v) is 5.95. The van der Waals surface area contributed by atoms with Crippen LogP contribution in [0.1, 0.15) is 30.4 Å². The molecule has 0 aliphatic heterocycles. The minimum atomic E-state index is -0.701. The molecule has 1 aliphatic carbocycles. The summed E-state index contributed by atoms with van der Waals surface area (Å²) in [6.45, 7) is 2.06. The lowest BCUT2D eigenvalue weighted by Crippen LogP contribution is -2.19. The normalized spacial score (nSPS) is 16.6. The van der Waals surface area contributed by atoms with Gasteiger partial charge in [0.25, 0.3) is 0 Å². The molecule has 0 bridgehead atoms. The number of hydrogen-bond donors (Lipinski definition) is 1. The zero-order valence-corrected chi connectivity index (χ0v) is 10.7. The summed E-state index contributed by atoms with van der Waals surface area (Å²) in [5.74, 6) is -0.701. The van der Waals surface area contributed by atoms with E-state index >= 15 is 0 Å². The highest BCUT2D eigenvalue weighted by Crippen LogP contribution is 2.53. The number of benzene rings is 1. The van der Waals surface area contributed by atoms with E-state index in [2.05, 4.69) is 30.0 Å². The summed E-state index contributed by atoms with van der Waals surface area (Å²) in [4.78, 5) is 13.0. The number of hydrogen-bond acceptors (Lipinski definition) is 2. The molecule has 0 saturated heterocycles. The van der Waals surface area contributed by atoms with Crippen molar-refractivity contribution < 1.29 is 9.90 Å². The Hall–Kier alpha value is -1.51. The van der Waals surface area contributed by atoms with E-state index in [1.54, 1.807) is 0 Å². The second kappa shape index (κ2) is 4.06. The Balaban J connectivity index is 2.41. The van der Waals surface area contributed by atoms with Crippen molar-refractivity contribution >= 4 is 11.7 Å². The zero-order chi connectivity index (χ0) is 12.6. The Morgan fingerprint density at radius 3 is 2.53 bits per heavy atom. The van der Waals surface area contributed by atoms with Crippen LogP contribution in [0.5, 0.6) is 0 Å². The second-order valence-corrected chi connectivity index (χ2v) is 5.27. The third-order valence-electron chi connectivity index (χ3n) is 3.55. The molecule has 0 atom stereocenters. The lowest BCUT2D eigenvalue weighted by atomic mass is 9.90. The first kappa shape index (κ1) is 12.0. The predicted octanol–water partition coefficient (Wildman–Crippen LogP) is 2.57. The highest BCUT2D eigenvalue weighted by molar-refractivity contribution is 5.72. The Morgan fingerprint density at radius 1 is 1.41 bits per heavy atom. The topological polar surface area (TPSA) is 40.5 Å². The van der Waals surface area contributed by atoms with Gasteiger partial charge < -0.3 is 10.0 Å². The van der Waals surface area contributed by atoms with Crippen LogP contribution in [-0.2, 0) is 10.2 Å². The van der Waals surface area contributed by atoms with Gasteiger partial charge in [-0.05, 0) is 37.0 Å². The third kappa shape index (κ3) is 2.28. The van der Waals surface area contributed by atoms with Gasteiger partial charge in [-0.2, -0.15) is 0 Å². The molecule has 0 spiro atoms. The van der Waals surface area contributed by atoms with Gasteiger partial charge in [0.05, 0.1) is 6.42 Å². The fourth-order valence-corrected chi connectivity index (χ4v) is 2.44. The van der Waals surface area contributed by atoms with Gasteiger partial charge in [-0.15, -0.1) is 0 Å². The first-order chi connectivity index (χ1) is 7.94. The molecule has 0 heterocycles. The molecule has 92 valence electrons. The number of aryl methyl sites for hydroxylation is 1. The molecule has 1 N–H and O–H groups in total. The van der Waals surface area contributed by atoms with Crippen LogP contribution in [0.3, 0.4) is 0 Å². The van der Waals surface area contributed by atoms with Gasteiger partial charge in [0.15, 0.2) is 0 Å². The zero-order valence-electron chi connectivity index (χ0n) is 10.7. The molecule has 1 saturated carbocycles. The van der Waals surface area contributed by atoms with Gasteiger partial charge in [0.2, 0.25) is 0 Å². The SMILES string of the molecule is Cc1ccc(C2(CC(=O)O)CC2)c(N(C)C)c1. The maximum absolute atomic E-state index is 11.0. The molecule has 1 aromatic carbocycles. The van der Waals surface area contributed by atoms with Crippen LogP contribution in [-0.4, -0.2) is 25.2 Å². The molecule has 3 heteroatoms. The minimum absolute atomic E-state index is 0.112. The molecule has 0 unspecified atom stereocenters. The summed E-state index contributed by atoms with van der Waals surface area (Å²) in [5, 5.41) is 9.02. The molecule has 17 heavy (non-hydrogen) atoms. The van der Waals surface area contributed by atoms with Crippen LogP contribution in [0.25, 0.3) is 0 Å². The number of anilines is 1. The average molecular weight is 233 g/mol. The maximum atomic E-state index is 11.0. The summed E-state index contributed by atoms with van der Waals surface area (Å²) in [7, 11) is 4.02. The van der Waals surface area contributed by atoms with Gasteiger partial charge in [-0.1, -0.05) is 12.1 Å². The number of nitrogens with zero attached hydrogens (tertiary/aromatic N) is 1. The van der Waals surface area contributed by atoms with Crippen LogP contribution in [0, 0.1) is 6.92 Å². The van der Waals surface area contributed by atoms with E-state index in [9.17, 15) is 4.79 Å². The van der Waals surface area contributed by atoms with E-state index in [-0.39, 0.29) is 11.8 Å². The summed E-state index contributed by atoms with van der Waals surface area (Å²) in [5.41, 5.74) is 3.45. The molecule has 0 aromatic heterocycles. The molecule has 1 aliphatic rings. The van der Waals surface area contributed by atoms with Crippen LogP contribution in [0.2, 0.25) is 0 Å².